The molecule has 2 N–H and O–H groups in total. The van der Waals surface area contributed by atoms with Gasteiger partial charge in [0.15, 0.2) is 0 Å². The molecule has 0 saturated heterocycles. The first-order valence-electron chi connectivity index (χ1n) is 4.08. The van der Waals surface area contributed by atoms with Gasteiger partial charge in [-0.25, -0.2) is 0 Å². The quantitative estimate of drug-likeness (QED) is 0.879. The van der Waals surface area contributed by atoms with Crippen molar-refractivity contribution in [1.82, 2.24) is 5.32 Å². The summed E-state index contributed by atoms with van der Waals surface area (Å²) in [6, 6.07) is 2.02. The molecule has 0 amide bonds. The minimum absolute atomic E-state index is 0.0104. The van der Waals surface area contributed by atoms with Gasteiger partial charge in [-0.2, -0.15) is 0 Å². The summed E-state index contributed by atoms with van der Waals surface area (Å²) in [5.41, 5.74) is -0.737. The van der Waals surface area contributed by atoms with Crippen LogP contribution in [0.4, 0.5) is 0 Å². The first kappa shape index (κ1) is 11.2. The zero-order chi connectivity index (χ0) is 10.1. The van der Waals surface area contributed by atoms with Gasteiger partial charge >= 0.3 is 0 Å². The van der Waals surface area contributed by atoms with Crippen LogP contribution in [0.25, 0.3) is 0 Å². The Kier molecular flexibility index (Phi) is 3.51. The molecule has 0 aromatic carbocycles. The van der Waals surface area contributed by atoms with E-state index in [-0.39, 0.29) is 6.04 Å². The Bertz CT molecular complexity index is 279. The number of nitrogens with one attached hydrogen (secondary N) is 1. The van der Waals surface area contributed by atoms with Crippen LogP contribution in [0, 0.1) is 0 Å². The maximum absolute atomic E-state index is 9.87. The summed E-state index contributed by atoms with van der Waals surface area (Å²) in [5.74, 6) is 0. The van der Waals surface area contributed by atoms with Gasteiger partial charge in [0.1, 0.15) is 0 Å². The van der Waals surface area contributed by atoms with Gasteiger partial charge in [0.25, 0.3) is 0 Å². The third-order valence-electron chi connectivity index (χ3n) is 1.87. The van der Waals surface area contributed by atoms with Crippen molar-refractivity contribution in [3.8, 4) is 0 Å². The van der Waals surface area contributed by atoms with Gasteiger partial charge in [-0.15, -0.1) is 11.3 Å². The Balaban J connectivity index is 2.91. The van der Waals surface area contributed by atoms with Crippen LogP contribution in [0.3, 0.4) is 0 Å². The summed E-state index contributed by atoms with van der Waals surface area (Å²) in [6.45, 7) is 3.61. The van der Waals surface area contributed by atoms with Crippen molar-refractivity contribution >= 4 is 27.3 Å². The number of rotatable bonds is 3. The lowest BCUT2D eigenvalue weighted by molar-refractivity contribution is 0.0413. The van der Waals surface area contributed by atoms with Crippen molar-refractivity contribution in [2.75, 3.05) is 7.05 Å². The summed E-state index contributed by atoms with van der Waals surface area (Å²) in [5, 5.41) is 15.0. The third kappa shape index (κ3) is 2.77. The predicted octanol–water partition coefficient (Wildman–Crippen LogP) is 2.54. The van der Waals surface area contributed by atoms with Crippen LogP contribution in [-0.4, -0.2) is 17.8 Å². The molecule has 0 aliphatic carbocycles. The van der Waals surface area contributed by atoms with Gasteiger partial charge in [-0.3, -0.25) is 0 Å². The summed E-state index contributed by atoms with van der Waals surface area (Å²) in [4.78, 5) is 1.14. The number of aliphatic hydroxyl groups is 1. The highest BCUT2D eigenvalue weighted by Crippen LogP contribution is 2.31. The second kappa shape index (κ2) is 4.09. The maximum Gasteiger partial charge on any atom is 0.0793 e. The second-order valence-corrected chi connectivity index (χ2v) is 5.40. The molecule has 4 heteroatoms. The molecular weight excluding hydrogens is 250 g/mol. The van der Waals surface area contributed by atoms with E-state index in [2.05, 4.69) is 21.2 Å². The highest BCUT2D eigenvalue weighted by Gasteiger charge is 2.27. The predicted molar refractivity (Wildman–Crippen MR) is 60.1 cm³/mol. The number of hydrogen-bond acceptors (Lipinski definition) is 3. The van der Waals surface area contributed by atoms with E-state index in [1.807, 2.05) is 32.3 Å². The van der Waals surface area contributed by atoms with Crippen LogP contribution in [0.5, 0.6) is 0 Å². The molecule has 1 aromatic rings. The van der Waals surface area contributed by atoms with E-state index in [1.54, 1.807) is 11.3 Å². The fraction of sp³-hybridized carbons (Fsp3) is 0.556. The van der Waals surface area contributed by atoms with Crippen LogP contribution in [0.2, 0.25) is 0 Å². The molecule has 74 valence electrons. The van der Waals surface area contributed by atoms with Crippen LogP contribution < -0.4 is 5.32 Å². The second-order valence-electron chi connectivity index (χ2n) is 3.54. The third-order valence-corrected chi connectivity index (χ3v) is 3.63. The van der Waals surface area contributed by atoms with Crippen molar-refractivity contribution in [3.05, 3.63) is 20.8 Å². The fourth-order valence-electron chi connectivity index (χ4n) is 1.32. The molecule has 2 nitrogen and oxygen atoms in total. The Hall–Kier alpha value is 0.1000. The Morgan fingerprint density at radius 1 is 1.62 bits per heavy atom. The minimum atomic E-state index is -0.737. The van der Waals surface area contributed by atoms with Crippen molar-refractivity contribution in [1.29, 1.82) is 0 Å². The standard InChI is InChI=1S/C9H14BrNOS/c1-9(2,12)8(11-3)7-4-6(10)5-13-7/h4-5,8,11-12H,1-3H3. The average Bonchev–Trinajstić information content (AvgIpc) is 2.34. The summed E-state index contributed by atoms with van der Waals surface area (Å²) < 4.78 is 1.07. The van der Waals surface area contributed by atoms with Crippen molar-refractivity contribution in [2.45, 2.75) is 25.5 Å². The Morgan fingerprint density at radius 3 is 2.54 bits per heavy atom. The van der Waals surface area contributed by atoms with Gasteiger partial charge < -0.3 is 10.4 Å². The molecule has 13 heavy (non-hydrogen) atoms. The highest BCUT2D eigenvalue weighted by molar-refractivity contribution is 9.10. The van der Waals surface area contributed by atoms with E-state index in [9.17, 15) is 5.11 Å². The van der Waals surface area contributed by atoms with E-state index < -0.39 is 5.60 Å². The normalized spacial score (nSPS) is 14.5. The van der Waals surface area contributed by atoms with Gasteiger partial charge in [0, 0.05) is 14.7 Å². The molecule has 1 unspecified atom stereocenters. The minimum Gasteiger partial charge on any atom is -0.388 e. The van der Waals surface area contributed by atoms with Crippen LogP contribution in [0.1, 0.15) is 24.8 Å². The van der Waals surface area contributed by atoms with E-state index in [0.29, 0.717) is 0 Å². The summed E-state index contributed by atoms with van der Waals surface area (Å²) in [7, 11) is 1.86. The SMILES string of the molecule is CNC(c1cc(Br)cs1)C(C)(C)O. The van der Waals surface area contributed by atoms with Crippen molar-refractivity contribution in [2.24, 2.45) is 0 Å². The number of likely N-dealkylation sites (N-methyl/N-ethyl adjacent to an activating group) is 1. The van der Waals surface area contributed by atoms with E-state index in [0.717, 1.165) is 9.35 Å². The molecule has 0 spiro atoms. The van der Waals surface area contributed by atoms with Crippen LogP contribution in [0.15, 0.2) is 15.9 Å². The number of halogens is 1. The molecular formula is C9H14BrNOS. The lowest BCUT2D eigenvalue weighted by Crippen LogP contribution is -2.36. The van der Waals surface area contributed by atoms with Crippen LogP contribution in [-0.2, 0) is 0 Å². The molecule has 0 aliphatic rings. The molecule has 1 atom stereocenters. The van der Waals surface area contributed by atoms with E-state index in [4.69, 9.17) is 0 Å². The molecule has 1 heterocycles. The smallest absolute Gasteiger partial charge is 0.0793 e. The first-order valence-corrected chi connectivity index (χ1v) is 5.76. The van der Waals surface area contributed by atoms with Gasteiger partial charge in [0.2, 0.25) is 0 Å². The van der Waals surface area contributed by atoms with Crippen molar-refractivity contribution in [3.63, 3.8) is 0 Å². The van der Waals surface area contributed by atoms with Gasteiger partial charge in [0.05, 0.1) is 11.6 Å². The Labute approximate surface area is 91.1 Å². The van der Waals surface area contributed by atoms with Gasteiger partial charge in [-0.05, 0) is 42.9 Å². The van der Waals surface area contributed by atoms with Crippen LogP contribution >= 0.6 is 27.3 Å². The number of thiophene rings is 1. The lowest BCUT2D eigenvalue weighted by atomic mass is 9.98. The summed E-state index contributed by atoms with van der Waals surface area (Å²) >= 11 is 5.04. The highest BCUT2D eigenvalue weighted by atomic mass is 79.9. The molecule has 1 rings (SSSR count). The molecule has 0 aliphatic heterocycles. The fourth-order valence-corrected chi connectivity index (χ4v) is 3.06. The molecule has 0 fully saturated rings. The average molecular weight is 264 g/mol. The maximum atomic E-state index is 9.87. The van der Waals surface area contributed by atoms with E-state index >= 15 is 0 Å². The first-order chi connectivity index (χ1) is 5.95. The largest absolute Gasteiger partial charge is 0.388 e. The van der Waals surface area contributed by atoms with Gasteiger partial charge in [-0.1, -0.05) is 0 Å². The monoisotopic (exact) mass is 263 g/mol. The zero-order valence-corrected chi connectivity index (χ0v) is 10.4. The lowest BCUT2D eigenvalue weighted by Gasteiger charge is -2.27. The number of hydrogen-bond donors (Lipinski definition) is 2. The topological polar surface area (TPSA) is 32.3 Å². The van der Waals surface area contributed by atoms with Crippen molar-refractivity contribution < 1.29 is 5.11 Å². The Morgan fingerprint density at radius 2 is 2.23 bits per heavy atom. The molecule has 1 aromatic heterocycles. The summed E-state index contributed by atoms with van der Waals surface area (Å²) in [6.07, 6.45) is 0. The molecule has 0 radical (unpaired) electrons. The zero-order valence-electron chi connectivity index (χ0n) is 7.97. The molecule has 0 bridgehead atoms. The van der Waals surface area contributed by atoms with E-state index in [1.165, 1.54) is 0 Å². The molecule has 0 saturated carbocycles.